The number of carbonyl (C=O) groups excluding carboxylic acids is 1. The highest BCUT2D eigenvalue weighted by molar-refractivity contribution is 7.21. The molecule has 1 aromatic heterocycles. The molecular formula is C22H15F3N2O3S. The predicted molar refractivity (Wildman–Crippen MR) is 111 cm³/mol. The van der Waals surface area contributed by atoms with Crippen LogP contribution in [0.3, 0.4) is 0 Å². The molecule has 0 fully saturated rings. The van der Waals surface area contributed by atoms with Crippen molar-refractivity contribution >= 4 is 27.6 Å². The van der Waals surface area contributed by atoms with E-state index in [1.807, 2.05) is 0 Å². The largest absolute Gasteiger partial charge is 0.486 e. The number of carbonyl (C=O) groups is 1. The van der Waals surface area contributed by atoms with Gasteiger partial charge in [-0.15, -0.1) is 11.3 Å². The fourth-order valence-corrected chi connectivity index (χ4v) is 4.14. The van der Waals surface area contributed by atoms with Crippen molar-refractivity contribution in [2.45, 2.75) is 13.0 Å². The van der Waals surface area contributed by atoms with Crippen molar-refractivity contribution in [2.24, 2.45) is 5.73 Å². The van der Waals surface area contributed by atoms with Crippen LogP contribution in [0.1, 0.15) is 18.6 Å². The molecule has 0 spiro atoms. The Hall–Kier alpha value is -3.59. The molecule has 9 heteroatoms. The smallest absolute Gasteiger partial charge is 0.409 e. The Morgan fingerprint density at radius 3 is 2.58 bits per heavy atom. The van der Waals surface area contributed by atoms with Gasteiger partial charge in [0.1, 0.15) is 28.4 Å². The number of thiazole rings is 1. The predicted octanol–water partition coefficient (Wildman–Crippen LogP) is 5.98. The molecule has 0 saturated heterocycles. The second-order valence-electron chi connectivity index (χ2n) is 6.58. The van der Waals surface area contributed by atoms with E-state index in [-0.39, 0.29) is 5.75 Å². The van der Waals surface area contributed by atoms with Crippen LogP contribution in [0.2, 0.25) is 0 Å². The van der Waals surface area contributed by atoms with Gasteiger partial charge in [-0.2, -0.15) is 0 Å². The monoisotopic (exact) mass is 444 g/mol. The van der Waals surface area contributed by atoms with E-state index in [4.69, 9.17) is 15.2 Å². The molecule has 0 aliphatic carbocycles. The molecular weight excluding hydrogens is 429 g/mol. The van der Waals surface area contributed by atoms with Gasteiger partial charge in [0, 0.05) is 0 Å². The lowest BCUT2D eigenvalue weighted by molar-refractivity contribution is 0.211. The SMILES string of the molecule is CC(Oc1ccc2nc(-c3ccccc3OC(N)=O)sc2c1)c1c(F)ccc(F)c1F. The molecule has 4 aromatic rings. The maximum absolute atomic E-state index is 14.0. The Labute approximate surface area is 178 Å². The maximum atomic E-state index is 14.0. The molecule has 1 heterocycles. The lowest BCUT2D eigenvalue weighted by Gasteiger charge is -2.16. The number of rotatable bonds is 5. The number of benzene rings is 3. The first-order chi connectivity index (χ1) is 14.8. The van der Waals surface area contributed by atoms with E-state index < -0.39 is 35.2 Å². The molecule has 158 valence electrons. The van der Waals surface area contributed by atoms with Gasteiger partial charge in [-0.05, 0) is 49.4 Å². The van der Waals surface area contributed by atoms with E-state index in [1.165, 1.54) is 18.3 Å². The molecule has 4 rings (SSSR count). The van der Waals surface area contributed by atoms with Gasteiger partial charge in [0.2, 0.25) is 0 Å². The van der Waals surface area contributed by atoms with Gasteiger partial charge < -0.3 is 15.2 Å². The summed E-state index contributed by atoms with van der Waals surface area (Å²) in [4.78, 5) is 15.7. The van der Waals surface area contributed by atoms with E-state index in [0.717, 1.165) is 16.8 Å². The topological polar surface area (TPSA) is 74.4 Å². The molecule has 31 heavy (non-hydrogen) atoms. The summed E-state index contributed by atoms with van der Waals surface area (Å²) >= 11 is 1.31. The van der Waals surface area contributed by atoms with E-state index in [2.05, 4.69) is 4.98 Å². The number of fused-ring (bicyclic) bond motifs is 1. The van der Waals surface area contributed by atoms with Crippen molar-refractivity contribution in [1.29, 1.82) is 0 Å². The van der Waals surface area contributed by atoms with Crippen LogP contribution in [0, 0.1) is 17.5 Å². The summed E-state index contributed by atoms with van der Waals surface area (Å²) in [6.45, 7) is 1.43. The van der Waals surface area contributed by atoms with Crippen LogP contribution in [0.15, 0.2) is 54.6 Å². The third-order valence-electron chi connectivity index (χ3n) is 4.49. The standard InChI is InChI=1S/C22H15F3N2O3S/c1-11(19-14(23)7-8-15(24)20(19)25)29-12-6-9-16-18(10-12)31-21(27-16)13-4-2-3-5-17(13)30-22(26)28/h2-11H,1H3,(H2,26,28). The lowest BCUT2D eigenvalue weighted by Crippen LogP contribution is -2.16. The Bertz CT molecular complexity index is 1290. The minimum atomic E-state index is -1.28. The number of nitrogens with zero attached hydrogens (tertiary/aromatic N) is 1. The van der Waals surface area contributed by atoms with E-state index >= 15 is 0 Å². The number of primary amides is 1. The summed E-state index contributed by atoms with van der Waals surface area (Å²) in [5, 5.41) is 0.583. The van der Waals surface area contributed by atoms with Crippen LogP contribution < -0.4 is 15.2 Å². The Morgan fingerprint density at radius 1 is 1.06 bits per heavy atom. The average Bonchev–Trinajstić information content (AvgIpc) is 3.14. The second-order valence-corrected chi connectivity index (χ2v) is 7.61. The van der Waals surface area contributed by atoms with Gasteiger partial charge in [-0.1, -0.05) is 12.1 Å². The zero-order valence-corrected chi connectivity index (χ0v) is 16.9. The molecule has 0 saturated carbocycles. The molecule has 1 amide bonds. The van der Waals surface area contributed by atoms with Crippen LogP contribution in [0.4, 0.5) is 18.0 Å². The van der Waals surface area contributed by atoms with Crippen LogP contribution in [-0.2, 0) is 0 Å². The number of para-hydroxylation sites is 1. The van der Waals surface area contributed by atoms with Crippen molar-refractivity contribution in [2.75, 3.05) is 0 Å². The number of hydrogen-bond acceptors (Lipinski definition) is 5. The third-order valence-corrected chi connectivity index (χ3v) is 5.54. The molecule has 0 aliphatic heterocycles. The molecule has 0 radical (unpaired) electrons. The van der Waals surface area contributed by atoms with Gasteiger partial charge >= 0.3 is 6.09 Å². The Balaban J connectivity index is 1.65. The van der Waals surface area contributed by atoms with Gasteiger partial charge in [-0.3, -0.25) is 0 Å². The summed E-state index contributed by atoms with van der Waals surface area (Å²) in [5.41, 5.74) is 5.87. The number of ether oxygens (including phenoxy) is 2. The van der Waals surface area contributed by atoms with Gasteiger partial charge in [0.15, 0.2) is 11.6 Å². The first-order valence-electron chi connectivity index (χ1n) is 9.11. The van der Waals surface area contributed by atoms with Gasteiger partial charge in [0.25, 0.3) is 0 Å². The van der Waals surface area contributed by atoms with E-state index in [0.29, 0.717) is 21.8 Å². The third kappa shape index (κ3) is 4.17. The quantitative estimate of drug-likeness (QED) is 0.385. The molecule has 2 N–H and O–H groups in total. The van der Waals surface area contributed by atoms with Gasteiger partial charge in [0.05, 0.1) is 21.3 Å². The lowest BCUT2D eigenvalue weighted by atomic mass is 10.1. The van der Waals surface area contributed by atoms with Crippen molar-refractivity contribution in [3.8, 4) is 22.1 Å². The fraction of sp³-hybridized carbons (Fsp3) is 0.0909. The minimum Gasteiger partial charge on any atom is -0.486 e. The zero-order valence-electron chi connectivity index (χ0n) is 16.1. The molecule has 5 nitrogen and oxygen atoms in total. The molecule has 0 aliphatic rings. The molecule has 1 atom stereocenters. The summed E-state index contributed by atoms with van der Waals surface area (Å²) < 4.78 is 53.0. The molecule has 1 unspecified atom stereocenters. The highest BCUT2D eigenvalue weighted by atomic mass is 32.1. The first kappa shape index (κ1) is 20.7. The fourth-order valence-electron chi connectivity index (χ4n) is 3.11. The highest BCUT2D eigenvalue weighted by Gasteiger charge is 2.21. The molecule has 0 bridgehead atoms. The zero-order chi connectivity index (χ0) is 22.1. The number of hydrogen-bond donors (Lipinski definition) is 1. The van der Waals surface area contributed by atoms with E-state index in [9.17, 15) is 18.0 Å². The molecule has 3 aromatic carbocycles. The van der Waals surface area contributed by atoms with Crippen LogP contribution >= 0.6 is 11.3 Å². The van der Waals surface area contributed by atoms with Crippen LogP contribution in [-0.4, -0.2) is 11.1 Å². The first-order valence-corrected chi connectivity index (χ1v) is 9.92. The minimum absolute atomic E-state index is 0.274. The van der Waals surface area contributed by atoms with Crippen LogP contribution in [0.5, 0.6) is 11.5 Å². The number of nitrogens with two attached hydrogens (primary N) is 1. The average molecular weight is 444 g/mol. The second kappa shape index (κ2) is 8.27. The summed E-state index contributed by atoms with van der Waals surface area (Å²) in [5.74, 6) is -2.71. The van der Waals surface area contributed by atoms with Crippen molar-refractivity contribution < 1.29 is 27.4 Å². The number of amides is 1. The van der Waals surface area contributed by atoms with Crippen molar-refractivity contribution in [3.05, 3.63) is 77.6 Å². The number of halogens is 3. The highest BCUT2D eigenvalue weighted by Crippen LogP contribution is 2.37. The Kier molecular flexibility index (Phi) is 5.51. The summed E-state index contributed by atoms with van der Waals surface area (Å²) in [6.07, 6.45) is -2.00. The van der Waals surface area contributed by atoms with Gasteiger partial charge in [-0.25, -0.2) is 22.9 Å². The normalized spacial score (nSPS) is 12.0. The van der Waals surface area contributed by atoms with Crippen LogP contribution in [0.25, 0.3) is 20.8 Å². The summed E-state index contributed by atoms with van der Waals surface area (Å²) in [6, 6.07) is 13.4. The maximum Gasteiger partial charge on any atom is 0.409 e. The summed E-state index contributed by atoms with van der Waals surface area (Å²) in [7, 11) is 0. The Morgan fingerprint density at radius 2 is 1.81 bits per heavy atom. The van der Waals surface area contributed by atoms with Crippen molar-refractivity contribution in [1.82, 2.24) is 4.98 Å². The van der Waals surface area contributed by atoms with E-state index in [1.54, 1.807) is 42.5 Å². The number of aromatic nitrogens is 1. The van der Waals surface area contributed by atoms with Crippen molar-refractivity contribution in [3.63, 3.8) is 0 Å².